The minimum Gasteiger partial charge on any atom is -0.351 e. The monoisotopic (exact) mass is 205 g/mol. The van der Waals surface area contributed by atoms with Crippen molar-refractivity contribution in [1.82, 2.24) is 4.98 Å². The molecule has 1 heterocycles. The fraction of sp³-hybridized carbons (Fsp3) is 0.300. The van der Waals surface area contributed by atoms with Gasteiger partial charge in [0.1, 0.15) is 0 Å². The van der Waals surface area contributed by atoms with Crippen LogP contribution in [0.2, 0.25) is 0 Å². The van der Waals surface area contributed by atoms with Gasteiger partial charge in [-0.2, -0.15) is 0 Å². The lowest BCUT2D eigenvalue weighted by molar-refractivity contribution is -0.384. The second-order valence-electron chi connectivity index (χ2n) is 2.90. The molecule has 1 unspecified atom stereocenters. The zero-order chi connectivity index (χ0) is 11.3. The molecule has 0 aliphatic heterocycles. The number of hydrogen-bond acceptors (Lipinski definition) is 4. The lowest BCUT2D eigenvalue weighted by Crippen LogP contribution is -2.17. The molecule has 0 saturated heterocycles. The van der Waals surface area contributed by atoms with Crippen molar-refractivity contribution < 1.29 is 4.92 Å². The predicted molar refractivity (Wildman–Crippen MR) is 57.4 cm³/mol. The van der Waals surface area contributed by atoms with Crippen LogP contribution in [-0.2, 0) is 0 Å². The normalized spacial score (nSPS) is 11.5. The third-order valence-electron chi connectivity index (χ3n) is 1.90. The van der Waals surface area contributed by atoms with Gasteiger partial charge in [0.05, 0.1) is 11.0 Å². The molecule has 0 aliphatic rings. The Balaban J connectivity index is 2.94. The third kappa shape index (κ3) is 2.68. The molecule has 15 heavy (non-hydrogen) atoms. The first-order valence-electron chi connectivity index (χ1n) is 4.51. The standard InChI is InChI=1S/C10H11N3O2/c1-3-8(4-2)12-10-9(13(14)15)6-5-7-11-10/h1,5-8H,4H2,2H3,(H,11,12). The van der Waals surface area contributed by atoms with E-state index in [2.05, 4.69) is 16.2 Å². The number of aromatic nitrogens is 1. The molecule has 78 valence electrons. The van der Waals surface area contributed by atoms with E-state index in [9.17, 15) is 10.1 Å². The number of terminal acetylenes is 1. The summed E-state index contributed by atoms with van der Waals surface area (Å²) >= 11 is 0. The number of pyridine rings is 1. The summed E-state index contributed by atoms with van der Waals surface area (Å²) in [5.74, 6) is 2.71. The van der Waals surface area contributed by atoms with Gasteiger partial charge in [-0.15, -0.1) is 6.42 Å². The van der Waals surface area contributed by atoms with Gasteiger partial charge in [0.2, 0.25) is 5.82 Å². The van der Waals surface area contributed by atoms with Gasteiger partial charge in [-0.05, 0) is 12.5 Å². The summed E-state index contributed by atoms with van der Waals surface area (Å²) in [7, 11) is 0. The molecular formula is C10H11N3O2. The van der Waals surface area contributed by atoms with Crippen molar-refractivity contribution in [3.05, 3.63) is 28.4 Å². The maximum atomic E-state index is 10.7. The highest BCUT2D eigenvalue weighted by atomic mass is 16.6. The van der Waals surface area contributed by atoms with Crippen molar-refractivity contribution in [3.63, 3.8) is 0 Å². The molecule has 0 bridgehead atoms. The Hall–Kier alpha value is -2.09. The van der Waals surface area contributed by atoms with Gasteiger partial charge >= 0.3 is 5.69 Å². The van der Waals surface area contributed by atoms with Crippen LogP contribution in [0.4, 0.5) is 11.5 Å². The molecule has 0 saturated carbocycles. The Labute approximate surface area is 87.7 Å². The molecule has 0 aromatic carbocycles. The SMILES string of the molecule is C#CC(CC)Nc1ncccc1[N+](=O)[O-]. The number of anilines is 1. The number of nitrogens with one attached hydrogen (secondary N) is 1. The van der Waals surface area contributed by atoms with Gasteiger partial charge in [-0.1, -0.05) is 12.8 Å². The Morgan fingerprint density at radius 1 is 1.80 bits per heavy atom. The van der Waals surface area contributed by atoms with E-state index in [1.165, 1.54) is 18.3 Å². The number of rotatable bonds is 4. The average Bonchev–Trinajstić information content (AvgIpc) is 2.26. The second-order valence-corrected chi connectivity index (χ2v) is 2.90. The maximum absolute atomic E-state index is 10.7. The molecule has 0 amide bonds. The highest BCUT2D eigenvalue weighted by Gasteiger charge is 2.15. The van der Waals surface area contributed by atoms with Crippen LogP contribution >= 0.6 is 0 Å². The van der Waals surface area contributed by atoms with Crippen LogP contribution in [0, 0.1) is 22.5 Å². The zero-order valence-corrected chi connectivity index (χ0v) is 8.30. The van der Waals surface area contributed by atoms with Crippen LogP contribution < -0.4 is 5.32 Å². The van der Waals surface area contributed by atoms with Crippen LogP contribution in [0.1, 0.15) is 13.3 Å². The summed E-state index contributed by atoms with van der Waals surface area (Å²) in [5.41, 5.74) is -0.0637. The van der Waals surface area contributed by atoms with Crippen LogP contribution in [0.15, 0.2) is 18.3 Å². The summed E-state index contributed by atoms with van der Waals surface area (Å²) in [6, 6.07) is 2.66. The van der Waals surface area contributed by atoms with E-state index in [0.717, 1.165) is 0 Å². The quantitative estimate of drug-likeness (QED) is 0.462. The van der Waals surface area contributed by atoms with E-state index >= 15 is 0 Å². The molecule has 5 heteroatoms. The lowest BCUT2D eigenvalue weighted by Gasteiger charge is -2.10. The van der Waals surface area contributed by atoms with Gasteiger partial charge < -0.3 is 5.32 Å². The van der Waals surface area contributed by atoms with Crippen LogP contribution in [-0.4, -0.2) is 15.9 Å². The first kappa shape index (κ1) is 11.0. The summed E-state index contributed by atoms with van der Waals surface area (Å²) in [6.45, 7) is 1.90. The number of nitrogens with zero attached hydrogens (tertiary/aromatic N) is 2. The minimum atomic E-state index is -0.488. The van der Waals surface area contributed by atoms with Crippen LogP contribution in [0.5, 0.6) is 0 Å². The zero-order valence-electron chi connectivity index (χ0n) is 8.30. The Morgan fingerprint density at radius 2 is 2.53 bits per heavy atom. The van der Waals surface area contributed by atoms with Gasteiger partial charge in [-0.3, -0.25) is 10.1 Å². The van der Waals surface area contributed by atoms with E-state index in [-0.39, 0.29) is 17.5 Å². The molecule has 1 atom stereocenters. The minimum absolute atomic E-state index is 0.0637. The highest BCUT2D eigenvalue weighted by molar-refractivity contribution is 5.56. The first-order chi connectivity index (χ1) is 7.19. The van der Waals surface area contributed by atoms with Crippen molar-refractivity contribution in [3.8, 4) is 12.3 Å². The third-order valence-corrected chi connectivity index (χ3v) is 1.90. The average molecular weight is 205 g/mol. The molecule has 0 radical (unpaired) electrons. The summed E-state index contributed by atoms with van der Waals surface area (Å²) in [4.78, 5) is 14.1. The maximum Gasteiger partial charge on any atom is 0.311 e. The molecule has 0 spiro atoms. The van der Waals surface area contributed by atoms with Crippen LogP contribution in [0.25, 0.3) is 0 Å². The Morgan fingerprint density at radius 3 is 3.07 bits per heavy atom. The fourth-order valence-electron chi connectivity index (χ4n) is 1.08. The summed E-state index contributed by atoms with van der Waals surface area (Å²) < 4.78 is 0. The lowest BCUT2D eigenvalue weighted by atomic mass is 10.2. The van der Waals surface area contributed by atoms with E-state index in [0.29, 0.717) is 6.42 Å². The topological polar surface area (TPSA) is 68.1 Å². The van der Waals surface area contributed by atoms with Crippen molar-refractivity contribution in [1.29, 1.82) is 0 Å². The molecular weight excluding hydrogens is 194 g/mol. The molecule has 5 nitrogen and oxygen atoms in total. The van der Waals surface area contributed by atoms with E-state index < -0.39 is 4.92 Å². The van der Waals surface area contributed by atoms with Gasteiger partial charge in [0.25, 0.3) is 0 Å². The molecule has 0 aliphatic carbocycles. The number of hydrogen-bond donors (Lipinski definition) is 1. The molecule has 1 rings (SSSR count). The molecule has 1 aromatic heterocycles. The van der Waals surface area contributed by atoms with Crippen molar-refractivity contribution >= 4 is 11.5 Å². The molecule has 1 N–H and O–H groups in total. The Kier molecular flexibility index (Phi) is 3.63. The van der Waals surface area contributed by atoms with E-state index in [1.54, 1.807) is 0 Å². The first-order valence-corrected chi connectivity index (χ1v) is 4.51. The summed E-state index contributed by atoms with van der Waals surface area (Å²) in [6.07, 6.45) is 7.42. The largest absolute Gasteiger partial charge is 0.351 e. The van der Waals surface area contributed by atoms with Gasteiger partial charge in [0.15, 0.2) is 0 Å². The number of nitro groups is 1. The van der Waals surface area contributed by atoms with Gasteiger partial charge in [0, 0.05) is 12.3 Å². The smallest absolute Gasteiger partial charge is 0.311 e. The fourth-order valence-corrected chi connectivity index (χ4v) is 1.08. The molecule has 1 aromatic rings. The van der Waals surface area contributed by atoms with Crippen molar-refractivity contribution in [2.75, 3.05) is 5.32 Å². The van der Waals surface area contributed by atoms with Crippen molar-refractivity contribution in [2.24, 2.45) is 0 Å². The second kappa shape index (κ2) is 4.96. The summed E-state index contributed by atoms with van der Waals surface area (Å²) in [5, 5.41) is 13.5. The Bertz CT molecular complexity index is 398. The molecule has 0 fully saturated rings. The highest BCUT2D eigenvalue weighted by Crippen LogP contribution is 2.21. The van der Waals surface area contributed by atoms with E-state index in [1.807, 2.05) is 6.92 Å². The van der Waals surface area contributed by atoms with E-state index in [4.69, 9.17) is 6.42 Å². The van der Waals surface area contributed by atoms with Gasteiger partial charge in [-0.25, -0.2) is 4.98 Å². The van der Waals surface area contributed by atoms with Crippen LogP contribution in [0.3, 0.4) is 0 Å². The van der Waals surface area contributed by atoms with Crippen molar-refractivity contribution in [2.45, 2.75) is 19.4 Å². The predicted octanol–water partition coefficient (Wildman–Crippen LogP) is 1.81.